The van der Waals surface area contributed by atoms with E-state index in [1.165, 1.54) is 24.4 Å². The molecule has 5 N–H and O–H groups in total. The fourth-order valence-corrected chi connectivity index (χ4v) is 3.62. The first-order valence-electron chi connectivity index (χ1n) is 11.4. The number of nitrogens with two attached hydrogens (primary N) is 1. The number of carbonyl (C=O) groups excluding carboxylic acids is 1. The Bertz CT molecular complexity index is 1450. The van der Waals surface area contributed by atoms with Crippen LogP contribution < -0.4 is 16.4 Å². The lowest BCUT2D eigenvalue weighted by Gasteiger charge is -2.16. The van der Waals surface area contributed by atoms with Crippen LogP contribution in [0.15, 0.2) is 67.0 Å². The molecule has 37 heavy (non-hydrogen) atoms. The summed E-state index contributed by atoms with van der Waals surface area (Å²) in [4.78, 5) is 25.7. The molecule has 1 amide bonds. The number of anilines is 2. The standard InChI is InChI=1S/C27H24FN7O2/c1-16(19-6-8-21(28)9-7-19)34-27(37)22-10-18(11-29)13-33-26(22)32-12-17-2-4-20(5-3-17)23-14-31-25(30)24(15-36)35-23/h2-10,13-14,16,36H,12,15H2,1H3,(H2,30,31)(H,32,33)(H,34,37). The molecule has 0 aliphatic carbocycles. The van der Waals surface area contributed by atoms with Crippen molar-refractivity contribution in [2.24, 2.45) is 0 Å². The van der Waals surface area contributed by atoms with Crippen molar-refractivity contribution in [2.75, 3.05) is 11.1 Å². The van der Waals surface area contributed by atoms with Gasteiger partial charge in [0.25, 0.3) is 5.91 Å². The van der Waals surface area contributed by atoms with E-state index in [9.17, 15) is 19.6 Å². The fraction of sp³-hybridized carbons (Fsp3) is 0.148. The number of nitriles is 1. The van der Waals surface area contributed by atoms with Crippen molar-refractivity contribution >= 4 is 17.5 Å². The molecule has 1 atom stereocenters. The minimum atomic E-state index is -0.416. The van der Waals surface area contributed by atoms with Gasteiger partial charge in [0.15, 0.2) is 0 Å². The van der Waals surface area contributed by atoms with Crippen LogP contribution in [0.5, 0.6) is 0 Å². The zero-order valence-corrected chi connectivity index (χ0v) is 19.9. The first kappa shape index (κ1) is 25.2. The summed E-state index contributed by atoms with van der Waals surface area (Å²) < 4.78 is 13.2. The van der Waals surface area contributed by atoms with Crippen molar-refractivity contribution in [3.63, 3.8) is 0 Å². The van der Waals surface area contributed by atoms with Gasteiger partial charge in [-0.1, -0.05) is 36.4 Å². The number of nitrogens with zero attached hydrogens (tertiary/aromatic N) is 4. The number of pyridine rings is 1. The van der Waals surface area contributed by atoms with Gasteiger partial charge in [0.05, 0.1) is 35.7 Å². The second kappa shape index (κ2) is 11.2. The molecule has 10 heteroatoms. The van der Waals surface area contributed by atoms with E-state index in [2.05, 4.69) is 25.6 Å². The van der Waals surface area contributed by atoms with Gasteiger partial charge < -0.3 is 21.5 Å². The van der Waals surface area contributed by atoms with Crippen LogP contribution in [0.3, 0.4) is 0 Å². The lowest BCUT2D eigenvalue weighted by Crippen LogP contribution is -2.28. The average molecular weight is 498 g/mol. The van der Waals surface area contributed by atoms with Gasteiger partial charge in [-0.15, -0.1) is 0 Å². The van der Waals surface area contributed by atoms with Gasteiger partial charge in [0.2, 0.25) is 0 Å². The Labute approximate surface area is 212 Å². The van der Waals surface area contributed by atoms with E-state index < -0.39 is 5.91 Å². The van der Waals surface area contributed by atoms with E-state index in [1.807, 2.05) is 30.3 Å². The molecule has 2 aromatic carbocycles. The molecule has 9 nitrogen and oxygen atoms in total. The monoisotopic (exact) mass is 497 g/mol. The van der Waals surface area contributed by atoms with Crippen molar-refractivity contribution in [3.8, 4) is 17.3 Å². The molecule has 2 heterocycles. The molecule has 0 fully saturated rings. The number of nitrogens with one attached hydrogen (secondary N) is 2. The number of nitrogen functional groups attached to an aromatic ring is 1. The summed E-state index contributed by atoms with van der Waals surface area (Å²) in [5.74, 6) is -0.261. The second-order valence-corrected chi connectivity index (χ2v) is 8.27. The lowest BCUT2D eigenvalue weighted by atomic mass is 10.1. The number of aromatic nitrogens is 3. The smallest absolute Gasteiger partial charge is 0.255 e. The van der Waals surface area contributed by atoms with Crippen molar-refractivity contribution in [3.05, 3.63) is 101 Å². The number of halogens is 1. The van der Waals surface area contributed by atoms with Crippen molar-refractivity contribution in [1.82, 2.24) is 20.3 Å². The Morgan fingerprint density at radius 3 is 2.54 bits per heavy atom. The summed E-state index contributed by atoms with van der Waals surface area (Å²) in [7, 11) is 0. The highest BCUT2D eigenvalue weighted by Gasteiger charge is 2.17. The third-order valence-electron chi connectivity index (χ3n) is 5.72. The molecule has 0 saturated heterocycles. The summed E-state index contributed by atoms with van der Waals surface area (Å²) in [6.45, 7) is 1.85. The summed E-state index contributed by atoms with van der Waals surface area (Å²) in [5.41, 5.74) is 9.53. The Balaban J connectivity index is 1.48. The maximum Gasteiger partial charge on any atom is 0.255 e. The third kappa shape index (κ3) is 6.04. The molecule has 4 rings (SSSR count). The molecule has 0 spiro atoms. The number of hydrogen-bond donors (Lipinski definition) is 4. The Hall–Kier alpha value is -4.88. The molecular formula is C27H24FN7O2. The van der Waals surface area contributed by atoms with Gasteiger partial charge >= 0.3 is 0 Å². The molecule has 2 aromatic heterocycles. The van der Waals surface area contributed by atoms with E-state index in [1.54, 1.807) is 25.3 Å². The predicted molar refractivity (Wildman–Crippen MR) is 136 cm³/mol. The number of rotatable bonds is 8. The zero-order chi connectivity index (χ0) is 26.4. The fourth-order valence-electron chi connectivity index (χ4n) is 3.62. The van der Waals surface area contributed by atoms with Crippen molar-refractivity contribution in [2.45, 2.75) is 26.1 Å². The average Bonchev–Trinajstić information content (AvgIpc) is 2.92. The summed E-state index contributed by atoms with van der Waals surface area (Å²) >= 11 is 0. The van der Waals surface area contributed by atoms with Crippen LogP contribution in [-0.4, -0.2) is 26.0 Å². The van der Waals surface area contributed by atoms with Crippen LogP contribution in [0.1, 0.15) is 45.7 Å². The molecule has 0 radical (unpaired) electrons. The maximum atomic E-state index is 13.2. The summed E-state index contributed by atoms with van der Waals surface area (Å²) in [6.07, 6.45) is 2.93. The van der Waals surface area contributed by atoms with Gasteiger partial charge in [-0.3, -0.25) is 4.79 Å². The van der Waals surface area contributed by atoms with Crippen LogP contribution in [0.2, 0.25) is 0 Å². The van der Waals surface area contributed by atoms with E-state index in [-0.39, 0.29) is 35.4 Å². The quantitative estimate of drug-likeness (QED) is 0.288. The summed E-state index contributed by atoms with van der Waals surface area (Å²) in [6, 6.07) is 16.5. The molecule has 1 unspecified atom stereocenters. The largest absolute Gasteiger partial charge is 0.390 e. The molecular weight excluding hydrogens is 473 g/mol. The Kier molecular flexibility index (Phi) is 7.66. The van der Waals surface area contributed by atoms with E-state index in [0.29, 0.717) is 23.8 Å². The van der Waals surface area contributed by atoms with Crippen molar-refractivity contribution in [1.29, 1.82) is 5.26 Å². The Morgan fingerprint density at radius 2 is 1.86 bits per heavy atom. The maximum absolute atomic E-state index is 13.2. The van der Waals surface area contributed by atoms with E-state index >= 15 is 0 Å². The first-order valence-corrected chi connectivity index (χ1v) is 11.4. The number of aliphatic hydroxyl groups is 1. The highest BCUT2D eigenvalue weighted by molar-refractivity contribution is 5.99. The minimum Gasteiger partial charge on any atom is -0.390 e. The van der Waals surface area contributed by atoms with Gasteiger partial charge in [0.1, 0.15) is 29.2 Å². The Morgan fingerprint density at radius 1 is 1.14 bits per heavy atom. The molecule has 0 aliphatic heterocycles. The van der Waals surface area contributed by atoms with Crippen LogP contribution in [0.25, 0.3) is 11.3 Å². The van der Waals surface area contributed by atoms with Gasteiger partial charge in [-0.25, -0.2) is 19.3 Å². The highest BCUT2D eigenvalue weighted by atomic mass is 19.1. The van der Waals surface area contributed by atoms with Gasteiger partial charge in [-0.2, -0.15) is 5.26 Å². The predicted octanol–water partition coefficient (Wildman–Crippen LogP) is 3.73. The van der Waals surface area contributed by atoms with Crippen LogP contribution in [0.4, 0.5) is 16.0 Å². The molecule has 0 saturated carbocycles. The van der Waals surface area contributed by atoms with Crippen molar-refractivity contribution < 1.29 is 14.3 Å². The molecule has 0 bridgehead atoms. The SMILES string of the molecule is CC(NC(=O)c1cc(C#N)cnc1NCc1ccc(-c2cnc(N)c(CO)n2)cc1)c1ccc(F)cc1. The number of hydrogen-bond acceptors (Lipinski definition) is 8. The summed E-state index contributed by atoms with van der Waals surface area (Å²) in [5, 5.41) is 24.7. The third-order valence-corrected chi connectivity index (χ3v) is 5.72. The highest BCUT2D eigenvalue weighted by Crippen LogP contribution is 2.21. The van der Waals surface area contributed by atoms with Crippen LogP contribution in [0, 0.1) is 17.1 Å². The number of carbonyl (C=O) groups is 1. The first-order chi connectivity index (χ1) is 17.9. The normalized spacial score (nSPS) is 11.4. The molecule has 186 valence electrons. The minimum absolute atomic E-state index is 0.189. The number of benzene rings is 2. The van der Waals surface area contributed by atoms with Gasteiger partial charge in [-0.05, 0) is 36.2 Å². The lowest BCUT2D eigenvalue weighted by molar-refractivity contribution is 0.0940. The zero-order valence-electron chi connectivity index (χ0n) is 19.9. The second-order valence-electron chi connectivity index (χ2n) is 8.27. The number of amides is 1. The van der Waals surface area contributed by atoms with E-state index in [0.717, 1.165) is 16.7 Å². The van der Waals surface area contributed by atoms with E-state index in [4.69, 9.17) is 5.73 Å². The molecule has 4 aromatic rings. The van der Waals surface area contributed by atoms with Gasteiger partial charge in [0, 0.05) is 18.3 Å². The van der Waals surface area contributed by atoms with Crippen LogP contribution >= 0.6 is 0 Å². The number of aliphatic hydroxyl groups excluding tert-OH is 1. The topological polar surface area (TPSA) is 150 Å². The van der Waals surface area contributed by atoms with Crippen LogP contribution in [-0.2, 0) is 13.2 Å². The molecule has 0 aliphatic rings.